The standard InChI is InChI=1S/C18H17FN2O3/c1-24-18(23)15-6-7-16(22)21(15)17(13-8-10-20-11-9-13)12-2-4-14(19)5-3-12/h2-5,8-11,15,17H,6-7H2,1H3. The van der Waals surface area contributed by atoms with Crippen molar-refractivity contribution in [1.82, 2.24) is 9.88 Å². The van der Waals surface area contributed by atoms with E-state index in [1.165, 1.54) is 24.1 Å². The molecule has 6 heteroatoms. The monoisotopic (exact) mass is 328 g/mol. The summed E-state index contributed by atoms with van der Waals surface area (Å²) < 4.78 is 18.1. The van der Waals surface area contributed by atoms with Gasteiger partial charge in [-0.1, -0.05) is 12.1 Å². The molecule has 1 saturated heterocycles. The molecule has 2 aromatic rings. The van der Waals surface area contributed by atoms with E-state index in [4.69, 9.17) is 4.74 Å². The van der Waals surface area contributed by atoms with E-state index in [-0.39, 0.29) is 18.1 Å². The topological polar surface area (TPSA) is 59.5 Å². The number of carbonyl (C=O) groups excluding carboxylic acids is 2. The van der Waals surface area contributed by atoms with Crippen LogP contribution in [0.4, 0.5) is 4.39 Å². The van der Waals surface area contributed by atoms with Gasteiger partial charge in [0.25, 0.3) is 0 Å². The Labute approximate surface area is 139 Å². The smallest absolute Gasteiger partial charge is 0.328 e. The zero-order chi connectivity index (χ0) is 17.1. The zero-order valence-corrected chi connectivity index (χ0v) is 13.2. The second kappa shape index (κ2) is 6.78. The fourth-order valence-electron chi connectivity index (χ4n) is 3.10. The number of rotatable bonds is 4. The Morgan fingerprint density at radius 3 is 2.46 bits per heavy atom. The quantitative estimate of drug-likeness (QED) is 0.809. The molecule has 5 nitrogen and oxygen atoms in total. The highest BCUT2D eigenvalue weighted by Gasteiger charge is 2.42. The van der Waals surface area contributed by atoms with E-state index in [1.807, 2.05) is 0 Å². The van der Waals surface area contributed by atoms with Gasteiger partial charge in [-0.05, 0) is 41.8 Å². The highest BCUT2D eigenvalue weighted by Crippen LogP contribution is 2.35. The molecule has 1 aromatic heterocycles. The van der Waals surface area contributed by atoms with Gasteiger partial charge in [0.05, 0.1) is 13.2 Å². The number of pyridine rings is 1. The molecule has 1 aliphatic heterocycles. The first-order valence-corrected chi connectivity index (χ1v) is 7.66. The SMILES string of the molecule is COC(=O)C1CCC(=O)N1C(c1ccncc1)c1ccc(F)cc1. The minimum Gasteiger partial charge on any atom is -0.467 e. The number of halogens is 1. The number of hydrogen-bond donors (Lipinski definition) is 0. The summed E-state index contributed by atoms with van der Waals surface area (Å²) in [4.78, 5) is 30.1. The van der Waals surface area contributed by atoms with E-state index in [1.54, 1.807) is 36.7 Å². The molecule has 1 aromatic carbocycles. The van der Waals surface area contributed by atoms with Crippen LogP contribution in [0.5, 0.6) is 0 Å². The number of hydrogen-bond acceptors (Lipinski definition) is 4. The van der Waals surface area contributed by atoms with Crippen molar-refractivity contribution in [2.24, 2.45) is 0 Å². The summed E-state index contributed by atoms with van der Waals surface area (Å²) in [6.45, 7) is 0. The molecule has 1 aliphatic rings. The van der Waals surface area contributed by atoms with Gasteiger partial charge in [0.1, 0.15) is 11.9 Å². The predicted molar refractivity (Wildman–Crippen MR) is 84.4 cm³/mol. The van der Waals surface area contributed by atoms with Crippen LogP contribution in [0.15, 0.2) is 48.8 Å². The highest BCUT2D eigenvalue weighted by atomic mass is 19.1. The lowest BCUT2D eigenvalue weighted by Crippen LogP contribution is -2.42. The number of benzene rings is 1. The Morgan fingerprint density at radius 2 is 1.83 bits per heavy atom. The van der Waals surface area contributed by atoms with Gasteiger partial charge in [-0.3, -0.25) is 9.78 Å². The second-order valence-electron chi connectivity index (χ2n) is 5.61. The van der Waals surface area contributed by atoms with Crippen molar-refractivity contribution in [1.29, 1.82) is 0 Å². The summed E-state index contributed by atoms with van der Waals surface area (Å²) in [5, 5.41) is 0. The molecule has 0 N–H and O–H groups in total. The van der Waals surface area contributed by atoms with Crippen LogP contribution in [0, 0.1) is 5.82 Å². The third-order valence-corrected chi connectivity index (χ3v) is 4.21. The number of methoxy groups -OCH3 is 1. The van der Waals surface area contributed by atoms with E-state index in [0.717, 1.165) is 11.1 Å². The molecule has 2 atom stereocenters. The first-order valence-electron chi connectivity index (χ1n) is 7.66. The molecule has 0 aliphatic carbocycles. The van der Waals surface area contributed by atoms with Crippen LogP contribution in [0.1, 0.15) is 30.0 Å². The normalized spacial score (nSPS) is 18.5. The minimum absolute atomic E-state index is 0.128. The summed E-state index contributed by atoms with van der Waals surface area (Å²) in [7, 11) is 1.31. The summed E-state index contributed by atoms with van der Waals surface area (Å²) in [5.41, 5.74) is 1.53. The van der Waals surface area contributed by atoms with Gasteiger partial charge >= 0.3 is 5.97 Å². The Kier molecular flexibility index (Phi) is 4.55. The average molecular weight is 328 g/mol. The number of carbonyl (C=O) groups is 2. The summed E-state index contributed by atoms with van der Waals surface area (Å²) in [5.74, 6) is -0.928. The summed E-state index contributed by atoms with van der Waals surface area (Å²) in [6, 6.07) is 8.37. The summed E-state index contributed by atoms with van der Waals surface area (Å²) in [6.07, 6.45) is 3.94. The fourth-order valence-corrected chi connectivity index (χ4v) is 3.10. The molecule has 2 heterocycles. The van der Waals surface area contributed by atoms with E-state index >= 15 is 0 Å². The first kappa shape index (κ1) is 16.1. The fraction of sp³-hybridized carbons (Fsp3) is 0.278. The van der Waals surface area contributed by atoms with Gasteiger partial charge in [0.2, 0.25) is 5.91 Å². The van der Waals surface area contributed by atoms with E-state index < -0.39 is 18.1 Å². The third-order valence-electron chi connectivity index (χ3n) is 4.21. The zero-order valence-electron chi connectivity index (χ0n) is 13.2. The van der Waals surface area contributed by atoms with Crippen molar-refractivity contribution in [3.05, 3.63) is 65.7 Å². The molecule has 2 unspecified atom stereocenters. The number of ether oxygens (including phenoxy) is 1. The Balaban J connectivity index is 2.08. The average Bonchev–Trinajstić information content (AvgIpc) is 2.99. The van der Waals surface area contributed by atoms with Crippen molar-refractivity contribution in [3.63, 3.8) is 0 Å². The Bertz CT molecular complexity index is 734. The highest BCUT2D eigenvalue weighted by molar-refractivity contribution is 5.88. The van der Waals surface area contributed by atoms with Crippen molar-refractivity contribution >= 4 is 11.9 Å². The second-order valence-corrected chi connectivity index (χ2v) is 5.61. The van der Waals surface area contributed by atoms with Gasteiger partial charge in [-0.15, -0.1) is 0 Å². The van der Waals surface area contributed by atoms with Crippen LogP contribution in [-0.2, 0) is 14.3 Å². The molecule has 1 fully saturated rings. The van der Waals surface area contributed by atoms with Crippen LogP contribution < -0.4 is 0 Å². The number of aromatic nitrogens is 1. The van der Waals surface area contributed by atoms with E-state index in [0.29, 0.717) is 6.42 Å². The molecule has 3 rings (SSSR count). The van der Waals surface area contributed by atoms with E-state index in [2.05, 4.69) is 4.98 Å². The first-order chi connectivity index (χ1) is 11.6. The predicted octanol–water partition coefficient (Wildman–Crippen LogP) is 2.47. The van der Waals surface area contributed by atoms with Gasteiger partial charge in [0, 0.05) is 18.8 Å². The molecule has 0 radical (unpaired) electrons. The van der Waals surface area contributed by atoms with Crippen LogP contribution >= 0.6 is 0 Å². The maximum Gasteiger partial charge on any atom is 0.328 e. The molecule has 0 bridgehead atoms. The molecule has 1 amide bonds. The number of nitrogens with zero attached hydrogens (tertiary/aromatic N) is 2. The number of amides is 1. The Morgan fingerprint density at radius 1 is 1.21 bits per heavy atom. The number of likely N-dealkylation sites (tertiary alicyclic amines) is 1. The number of esters is 1. The molecule has 124 valence electrons. The maximum atomic E-state index is 13.3. The molecule has 0 saturated carbocycles. The van der Waals surface area contributed by atoms with Gasteiger partial charge in [-0.2, -0.15) is 0 Å². The van der Waals surface area contributed by atoms with Crippen LogP contribution in [-0.4, -0.2) is 34.9 Å². The maximum absolute atomic E-state index is 13.3. The van der Waals surface area contributed by atoms with Gasteiger partial charge < -0.3 is 9.64 Å². The van der Waals surface area contributed by atoms with Gasteiger partial charge in [-0.25, -0.2) is 9.18 Å². The lowest BCUT2D eigenvalue weighted by Gasteiger charge is -2.32. The van der Waals surface area contributed by atoms with Crippen molar-refractivity contribution in [3.8, 4) is 0 Å². The van der Waals surface area contributed by atoms with Crippen molar-refractivity contribution in [2.75, 3.05) is 7.11 Å². The molecule has 0 spiro atoms. The Hall–Kier alpha value is -2.76. The van der Waals surface area contributed by atoms with E-state index in [9.17, 15) is 14.0 Å². The van der Waals surface area contributed by atoms with Crippen LogP contribution in [0.3, 0.4) is 0 Å². The summed E-state index contributed by atoms with van der Waals surface area (Å²) >= 11 is 0. The van der Waals surface area contributed by atoms with Crippen LogP contribution in [0.25, 0.3) is 0 Å². The van der Waals surface area contributed by atoms with Gasteiger partial charge in [0.15, 0.2) is 0 Å². The lowest BCUT2D eigenvalue weighted by molar-refractivity contribution is -0.150. The van der Waals surface area contributed by atoms with Crippen molar-refractivity contribution < 1.29 is 18.7 Å². The third kappa shape index (κ3) is 2.99. The molecular formula is C18H17FN2O3. The largest absolute Gasteiger partial charge is 0.467 e. The lowest BCUT2D eigenvalue weighted by atomic mass is 9.97. The molecular weight excluding hydrogens is 311 g/mol. The minimum atomic E-state index is -0.647. The molecule has 24 heavy (non-hydrogen) atoms. The van der Waals surface area contributed by atoms with Crippen molar-refractivity contribution in [2.45, 2.75) is 24.9 Å². The van der Waals surface area contributed by atoms with Crippen LogP contribution in [0.2, 0.25) is 0 Å².